The highest BCUT2D eigenvalue weighted by Crippen LogP contribution is 2.38. The summed E-state index contributed by atoms with van der Waals surface area (Å²) in [4.78, 5) is 0. The zero-order valence-electron chi connectivity index (χ0n) is 27.0. The Hall–Kier alpha value is -2.20. The van der Waals surface area contributed by atoms with Crippen molar-refractivity contribution in [2.75, 3.05) is 26.4 Å². The molecule has 0 spiro atoms. The van der Waals surface area contributed by atoms with Crippen LogP contribution in [0, 0.1) is 0 Å². The maximum Gasteiger partial charge on any atom is 0.496 e. The molecule has 0 unspecified atom stereocenters. The van der Waals surface area contributed by atoms with Crippen LogP contribution in [-0.2, 0) is 18.8 Å². The number of rotatable bonds is 3. The molecule has 3 fully saturated rings. The average Bonchev–Trinajstić information content (AvgIpc) is 3.78. The van der Waals surface area contributed by atoms with Crippen molar-refractivity contribution in [1.82, 2.24) is 29.8 Å². The van der Waals surface area contributed by atoms with Gasteiger partial charge in [0.15, 0.2) is 0 Å². The normalized spacial score (nSPS) is 18.6. The van der Waals surface area contributed by atoms with Crippen molar-refractivity contribution in [3.05, 3.63) is 79.0 Å². The van der Waals surface area contributed by atoms with Gasteiger partial charge in [0.1, 0.15) is 0 Å². The maximum absolute atomic E-state index is 6.64. The van der Waals surface area contributed by atoms with Crippen molar-refractivity contribution in [2.45, 2.75) is 51.0 Å². The minimum atomic E-state index is -0.465. The number of halogens is 5. The summed E-state index contributed by atoms with van der Waals surface area (Å²) < 4.78 is 28.3. The first-order valence-corrected chi connectivity index (χ1v) is 18.3. The van der Waals surface area contributed by atoms with Crippen LogP contribution in [0.3, 0.4) is 0 Å². The summed E-state index contributed by atoms with van der Waals surface area (Å²) in [5.41, 5.74) is 2.84. The van der Waals surface area contributed by atoms with Crippen LogP contribution in [0.1, 0.15) is 39.8 Å². The number of nitrogens with one attached hydrogen (secondary N) is 1. The van der Waals surface area contributed by atoms with Gasteiger partial charge in [-0.1, -0.05) is 40.9 Å². The summed E-state index contributed by atoms with van der Waals surface area (Å²) >= 11 is 25.5. The van der Waals surface area contributed by atoms with E-state index >= 15 is 0 Å². The first kappa shape index (κ1) is 35.2. The number of aromatic amines is 1. The molecule has 0 atom stereocenters. The van der Waals surface area contributed by atoms with E-state index in [2.05, 4.69) is 52.3 Å². The second kappa shape index (κ2) is 13.7. The van der Waals surface area contributed by atoms with Crippen molar-refractivity contribution in [3.63, 3.8) is 0 Å². The molecule has 3 aliphatic heterocycles. The number of hydrogen-bond acceptors (Lipinski definition) is 7. The Morgan fingerprint density at radius 2 is 1.20 bits per heavy atom. The van der Waals surface area contributed by atoms with E-state index in [9.17, 15) is 0 Å². The minimum Gasteiger partial charge on any atom is -0.399 e. The molecular weight excluding hydrogens is 821 g/mol. The van der Waals surface area contributed by atoms with Gasteiger partial charge in [-0.3, -0.25) is 14.5 Å². The zero-order chi connectivity index (χ0) is 34.7. The molecule has 1 N–H and O–H groups in total. The maximum atomic E-state index is 6.64. The molecule has 3 aromatic carbocycles. The molecule has 49 heavy (non-hydrogen) atoms. The average molecular weight is 854 g/mol. The van der Waals surface area contributed by atoms with E-state index in [-0.39, 0.29) is 11.2 Å². The van der Waals surface area contributed by atoms with Crippen molar-refractivity contribution >= 4 is 112 Å². The number of benzene rings is 3. The second-order valence-corrected chi connectivity index (χ2v) is 15.9. The SMILES string of the molecule is CC1(C)OB(c2ccc3nn(C4COC4)cc3c2Cl)OC1(C)C.Clc1c(Br)ccc2[nH]ncc12.Clc1c(Br)ccc2nn(C3COC3)cc12. The van der Waals surface area contributed by atoms with Gasteiger partial charge in [0.2, 0.25) is 0 Å². The van der Waals surface area contributed by atoms with E-state index in [4.69, 9.17) is 53.6 Å². The topological polar surface area (TPSA) is 101 Å². The number of fused-ring (bicyclic) bond motifs is 3. The van der Waals surface area contributed by atoms with Gasteiger partial charge < -0.3 is 18.8 Å². The first-order chi connectivity index (χ1) is 23.3. The van der Waals surface area contributed by atoms with Gasteiger partial charge in [-0.15, -0.1) is 0 Å². The van der Waals surface area contributed by atoms with E-state index in [0.717, 1.165) is 65.4 Å². The lowest BCUT2D eigenvalue weighted by Gasteiger charge is -2.32. The number of H-pyrrole nitrogens is 1. The monoisotopic (exact) mass is 850 g/mol. The fourth-order valence-corrected chi connectivity index (χ4v) is 6.79. The Bertz CT molecular complexity index is 2150. The van der Waals surface area contributed by atoms with E-state index in [0.29, 0.717) is 35.3 Å². The van der Waals surface area contributed by atoms with Gasteiger partial charge in [-0.2, -0.15) is 15.3 Å². The molecule has 6 aromatic rings. The number of nitrogens with zero attached hydrogens (tertiary/aromatic N) is 5. The predicted molar refractivity (Wildman–Crippen MR) is 201 cm³/mol. The van der Waals surface area contributed by atoms with Crippen molar-refractivity contribution < 1.29 is 18.8 Å². The van der Waals surface area contributed by atoms with Gasteiger partial charge in [0.05, 0.1) is 87.5 Å². The molecule has 0 aliphatic carbocycles. The van der Waals surface area contributed by atoms with Gasteiger partial charge in [0, 0.05) is 43.0 Å². The van der Waals surface area contributed by atoms with Gasteiger partial charge in [-0.05, 0) is 89.9 Å². The number of hydrogen-bond donors (Lipinski definition) is 1. The number of aromatic nitrogens is 6. The van der Waals surface area contributed by atoms with Gasteiger partial charge in [0.25, 0.3) is 0 Å². The Morgan fingerprint density at radius 3 is 1.73 bits per heavy atom. The summed E-state index contributed by atoms with van der Waals surface area (Å²) in [7, 11) is -0.465. The van der Waals surface area contributed by atoms with Gasteiger partial charge >= 0.3 is 7.12 Å². The Labute approximate surface area is 315 Å². The summed E-state index contributed by atoms with van der Waals surface area (Å²) in [6, 6.07) is 12.3. The molecular formula is C33H32BBr2Cl3N6O4. The fourth-order valence-electron chi connectivity index (χ4n) is 5.38. The van der Waals surface area contributed by atoms with Crippen LogP contribution in [0.4, 0.5) is 0 Å². The standard InChI is InChI=1S/C16H20BClN2O3.C10H8BrClN2O.C7H4BrClN2/c1-15(2)16(3,4)23-17(22-15)12-5-6-13-11(14(12)18)7-20(19-13)10-8-21-9-10;11-8-1-2-9-7(10(8)12)3-14(13-9)6-4-15-5-6;8-5-1-2-6-4(7(5)9)3-10-11-6/h5-7,10H,8-9H2,1-4H3;1-3,6H,4-5H2;1-3H,(H,10,11). The third-order valence-electron chi connectivity index (χ3n) is 9.27. The fraction of sp³-hybridized carbons (Fsp3) is 0.364. The largest absolute Gasteiger partial charge is 0.496 e. The highest BCUT2D eigenvalue weighted by molar-refractivity contribution is 9.10. The Balaban J connectivity index is 0.000000125. The summed E-state index contributed by atoms with van der Waals surface area (Å²) in [5, 5.41) is 20.7. The third-order valence-corrected chi connectivity index (χ3v) is 12.3. The van der Waals surface area contributed by atoms with Crippen LogP contribution in [-0.4, -0.2) is 74.5 Å². The molecule has 0 radical (unpaired) electrons. The van der Waals surface area contributed by atoms with Crippen LogP contribution in [0.2, 0.25) is 15.1 Å². The molecule has 256 valence electrons. The molecule has 0 bridgehead atoms. The number of ether oxygens (including phenoxy) is 2. The summed E-state index contributed by atoms with van der Waals surface area (Å²) in [6.07, 6.45) is 5.68. The van der Waals surface area contributed by atoms with Crippen LogP contribution in [0.25, 0.3) is 32.7 Å². The van der Waals surface area contributed by atoms with Crippen molar-refractivity contribution in [3.8, 4) is 0 Å². The predicted octanol–water partition coefficient (Wildman–Crippen LogP) is 8.56. The highest BCUT2D eigenvalue weighted by atomic mass is 79.9. The molecule has 6 heterocycles. The molecule has 0 amide bonds. The lowest BCUT2D eigenvalue weighted by molar-refractivity contribution is -0.0283. The molecule has 0 saturated carbocycles. The lowest BCUT2D eigenvalue weighted by atomic mass is 9.78. The zero-order valence-corrected chi connectivity index (χ0v) is 32.5. The second-order valence-electron chi connectivity index (χ2n) is 13.1. The molecule has 3 aliphatic rings. The highest BCUT2D eigenvalue weighted by Gasteiger charge is 2.52. The van der Waals surface area contributed by atoms with Crippen molar-refractivity contribution in [2.24, 2.45) is 0 Å². The van der Waals surface area contributed by atoms with Crippen LogP contribution >= 0.6 is 66.7 Å². The molecule has 3 saturated heterocycles. The quantitative estimate of drug-likeness (QED) is 0.178. The van der Waals surface area contributed by atoms with Gasteiger partial charge in [-0.25, -0.2) is 0 Å². The van der Waals surface area contributed by atoms with Crippen LogP contribution in [0.5, 0.6) is 0 Å². The molecule has 3 aromatic heterocycles. The van der Waals surface area contributed by atoms with Crippen LogP contribution in [0.15, 0.2) is 63.9 Å². The smallest absolute Gasteiger partial charge is 0.399 e. The van der Waals surface area contributed by atoms with E-state index < -0.39 is 7.12 Å². The minimum absolute atomic E-state index is 0.304. The van der Waals surface area contributed by atoms with E-state index in [1.54, 1.807) is 6.20 Å². The molecule has 9 rings (SSSR count). The first-order valence-electron chi connectivity index (χ1n) is 15.6. The van der Waals surface area contributed by atoms with E-state index in [1.165, 1.54) is 0 Å². The van der Waals surface area contributed by atoms with Crippen molar-refractivity contribution in [1.29, 1.82) is 0 Å². The summed E-state index contributed by atoms with van der Waals surface area (Å²) in [6.45, 7) is 11.0. The molecule has 16 heteroatoms. The summed E-state index contributed by atoms with van der Waals surface area (Å²) in [5.74, 6) is 0. The Morgan fingerprint density at radius 1 is 0.714 bits per heavy atom. The van der Waals surface area contributed by atoms with Crippen LogP contribution < -0.4 is 5.46 Å². The lowest BCUT2D eigenvalue weighted by Crippen LogP contribution is -2.41. The van der Waals surface area contributed by atoms with E-state index in [1.807, 2.05) is 85.9 Å². The molecule has 10 nitrogen and oxygen atoms in total. The third kappa shape index (κ3) is 6.79. The Kier molecular flexibility index (Phi) is 9.88.